The standard InChI is InChI=1S/C11H22F3N/c1-9(2)6-7-10(15-3)5-4-8-11(12,13)14/h9-10,15H,4-8H2,1-3H3. The first-order valence-electron chi connectivity index (χ1n) is 5.59. The van der Waals surface area contributed by atoms with Gasteiger partial charge in [0.1, 0.15) is 0 Å². The molecule has 0 spiro atoms. The van der Waals surface area contributed by atoms with Crippen LogP contribution >= 0.6 is 0 Å². The van der Waals surface area contributed by atoms with Crippen molar-refractivity contribution in [3.05, 3.63) is 0 Å². The van der Waals surface area contributed by atoms with E-state index in [4.69, 9.17) is 0 Å². The van der Waals surface area contributed by atoms with Gasteiger partial charge in [0.05, 0.1) is 0 Å². The predicted molar refractivity (Wildman–Crippen MR) is 56.8 cm³/mol. The summed E-state index contributed by atoms with van der Waals surface area (Å²) in [5, 5.41) is 3.08. The van der Waals surface area contributed by atoms with Gasteiger partial charge in [-0.25, -0.2) is 0 Å². The number of alkyl halides is 3. The molecule has 4 heteroatoms. The lowest BCUT2D eigenvalue weighted by atomic mass is 9.99. The largest absolute Gasteiger partial charge is 0.389 e. The average Bonchev–Trinajstić information content (AvgIpc) is 2.08. The van der Waals surface area contributed by atoms with Crippen LogP contribution in [0.2, 0.25) is 0 Å². The van der Waals surface area contributed by atoms with Gasteiger partial charge in [0.25, 0.3) is 0 Å². The van der Waals surface area contributed by atoms with Crippen molar-refractivity contribution in [2.24, 2.45) is 5.92 Å². The minimum atomic E-state index is -4.00. The summed E-state index contributed by atoms with van der Waals surface area (Å²) in [6.45, 7) is 4.25. The van der Waals surface area contributed by atoms with E-state index < -0.39 is 12.6 Å². The zero-order chi connectivity index (χ0) is 11.9. The molecule has 0 aromatic heterocycles. The number of hydrogen-bond donors (Lipinski definition) is 1. The fourth-order valence-electron chi connectivity index (χ4n) is 1.52. The smallest absolute Gasteiger partial charge is 0.317 e. The second-order valence-corrected chi connectivity index (χ2v) is 4.46. The average molecular weight is 225 g/mol. The zero-order valence-electron chi connectivity index (χ0n) is 9.82. The molecule has 0 bridgehead atoms. The second kappa shape index (κ2) is 7.09. The number of halogens is 3. The van der Waals surface area contributed by atoms with Gasteiger partial charge in [-0.05, 0) is 38.6 Å². The molecular weight excluding hydrogens is 203 g/mol. The Kier molecular flexibility index (Phi) is 6.98. The van der Waals surface area contributed by atoms with E-state index in [0.29, 0.717) is 12.3 Å². The normalized spacial score (nSPS) is 14.6. The monoisotopic (exact) mass is 225 g/mol. The molecule has 0 aliphatic heterocycles. The van der Waals surface area contributed by atoms with Gasteiger partial charge in [0, 0.05) is 12.5 Å². The van der Waals surface area contributed by atoms with Gasteiger partial charge in [0.2, 0.25) is 0 Å². The third-order valence-corrected chi connectivity index (χ3v) is 2.51. The van der Waals surface area contributed by atoms with Gasteiger partial charge in [-0.15, -0.1) is 0 Å². The molecule has 0 fully saturated rings. The van der Waals surface area contributed by atoms with E-state index in [2.05, 4.69) is 19.2 Å². The third kappa shape index (κ3) is 10.0. The van der Waals surface area contributed by atoms with Gasteiger partial charge < -0.3 is 5.32 Å². The molecule has 1 nitrogen and oxygen atoms in total. The van der Waals surface area contributed by atoms with Crippen LogP contribution < -0.4 is 5.32 Å². The molecule has 92 valence electrons. The van der Waals surface area contributed by atoms with Crippen LogP contribution in [0.4, 0.5) is 13.2 Å². The number of rotatable bonds is 7. The molecule has 0 aromatic rings. The Balaban J connectivity index is 3.62. The molecule has 0 saturated heterocycles. The van der Waals surface area contributed by atoms with Crippen LogP contribution in [-0.4, -0.2) is 19.3 Å². The van der Waals surface area contributed by atoms with Crippen molar-refractivity contribution in [3.63, 3.8) is 0 Å². The van der Waals surface area contributed by atoms with E-state index in [1.807, 2.05) is 7.05 Å². The Bertz CT molecular complexity index is 154. The van der Waals surface area contributed by atoms with E-state index in [0.717, 1.165) is 12.8 Å². The first kappa shape index (κ1) is 14.8. The van der Waals surface area contributed by atoms with E-state index in [-0.39, 0.29) is 12.5 Å². The van der Waals surface area contributed by atoms with E-state index >= 15 is 0 Å². The lowest BCUT2D eigenvalue weighted by Crippen LogP contribution is -2.26. The summed E-state index contributed by atoms with van der Waals surface area (Å²) >= 11 is 0. The van der Waals surface area contributed by atoms with E-state index in [1.165, 1.54) is 0 Å². The SMILES string of the molecule is CNC(CCCC(F)(F)F)CCC(C)C. The molecule has 0 heterocycles. The second-order valence-electron chi connectivity index (χ2n) is 4.46. The number of hydrogen-bond acceptors (Lipinski definition) is 1. The Morgan fingerprint density at radius 3 is 2.07 bits per heavy atom. The van der Waals surface area contributed by atoms with Crippen LogP contribution in [0.15, 0.2) is 0 Å². The Labute approximate surface area is 90.4 Å². The highest BCUT2D eigenvalue weighted by Crippen LogP contribution is 2.23. The molecule has 1 unspecified atom stereocenters. The molecule has 15 heavy (non-hydrogen) atoms. The van der Waals surface area contributed by atoms with Crippen molar-refractivity contribution in [3.8, 4) is 0 Å². The summed E-state index contributed by atoms with van der Waals surface area (Å²) in [5.41, 5.74) is 0. The van der Waals surface area contributed by atoms with Gasteiger partial charge in [-0.2, -0.15) is 13.2 Å². The van der Waals surface area contributed by atoms with Gasteiger partial charge in [-0.1, -0.05) is 13.8 Å². The number of nitrogens with one attached hydrogen (secondary N) is 1. The summed E-state index contributed by atoms with van der Waals surface area (Å²) in [6.07, 6.45) is -1.79. The van der Waals surface area contributed by atoms with Gasteiger partial charge >= 0.3 is 6.18 Å². The summed E-state index contributed by atoms with van der Waals surface area (Å²) in [6, 6.07) is 0.231. The highest BCUT2D eigenvalue weighted by atomic mass is 19.4. The van der Waals surface area contributed by atoms with Crippen LogP contribution in [0.5, 0.6) is 0 Å². The fraction of sp³-hybridized carbons (Fsp3) is 1.00. The third-order valence-electron chi connectivity index (χ3n) is 2.51. The molecule has 1 atom stereocenters. The summed E-state index contributed by atoms with van der Waals surface area (Å²) in [5.74, 6) is 0.614. The fourth-order valence-corrected chi connectivity index (χ4v) is 1.52. The molecule has 0 aromatic carbocycles. The lowest BCUT2D eigenvalue weighted by molar-refractivity contribution is -0.135. The quantitative estimate of drug-likeness (QED) is 0.696. The molecule has 0 amide bonds. The van der Waals surface area contributed by atoms with Crippen LogP contribution in [-0.2, 0) is 0 Å². The van der Waals surface area contributed by atoms with Crippen LogP contribution in [0.3, 0.4) is 0 Å². The van der Waals surface area contributed by atoms with Crippen LogP contribution in [0, 0.1) is 5.92 Å². The van der Waals surface area contributed by atoms with Crippen molar-refractivity contribution in [2.45, 2.75) is 58.2 Å². The van der Waals surface area contributed by atoms with E-state index in [9.17, 15) is 13.2 Å². The van der Waals surface area contributed by atoms with Gasteiger partial charge in [0.15, 0.2) is 0 Å². The molecule has 1 N–H and O–H groups in total. The van der Waals surface area contributed by atoms with Gasteiger partial charge in [-0.3, -0.25) is 0 Å². The minimum absolute atomic E-state index is 0.229. The first-order chi connectivity index (χ1) is 6.85. The maximum Gasteiger partial charge on any atom is 0.389 e. The van der Waals surface area contributed by atoms with Crippen molar-refractivity contribution in [2.75, 3.05) is 7.05 Å². The van der Waals surface area contributed by atoms with Crippen LogP contribution in [0.1, 0.15) is 46.0 Å². The molecular formula is C11H22F3N. The predicted octanol–water partition coefficient (Wildman–Crippen LogP) is 3.74. The summed E-state index contributed by atoms with van der Waals surface area (Å²) in [4.78, 5) is 0. The molecule has 0 rings (SSSR count). The highest BCUT2D eigenvalue weighted by molar-refractivity contribution is 4.66. The maximum atomic E-state index is 11.9. The molecule has 0 saturated carbocycles. The van der Waals surface area contributed by atoms with Crippen molar-refractivity contribution >= 4 is 0 Å². The first-order valence-corrected chi connectivity index (χ1v) is 5.59. The Morgan fingerprint density at radius 1 is 1.07 bits per heavy atom. The molecule has 0 aliphatic carbocycles. The van der Waals surface area contributed by atoms with Crippen molar-refractivity contribution in [1.29, 1.82) is 0 Å². The van der Waals surface area contributed by atoms with E-state index in [1.54, 1.807) is 0 Å². The Morgan fingerprint density at radius 2 is 1.67 bits per heavy atom. The highest BCUT2D eigenvalue weighted by Gasteiger charge is 2.26. The zero-order valence-corrected chi connectivity index (χ0v) is 9.82. The lowest BCUT2D eigenvalue weighted by Gasteiger charge is -2.17. The summed E-state index contributed by atoms with van der Waals surface area (Å²) < 4.78 is 35.7. The van der Waals surface area contributed by atoms with Crippen molar-refractivity contribution in [1.82, 2.24) is 5.32 Å². The maximum absolute atomic E-state index is 11.9. The minimum Gasteiger partial charge on any atom is -0.317 e. The van der Waals surface area contributed by atoms with Crippen LogP contribution in [0.25, 0.3) is 0 Å². The molecule has 0 radical (unpaired) electrons. The topological polar surface area (TPSA) is 12.0 Å². The summed E-state index contributed by atoms with van der Waals surface area (Å²) in [7, 11) is 1.82. The Hall–Kier alpha value is -0.250. The van der Waals surface area contributed by atoms with Crippen molar-refractivity contribution < 1.29 is 13.2 Å². The molecule has 0 aliphatic rings.